The lowest BCUT2D eigenvalue weighted by molar-refractivity contribution is 0.0768. The van der Waals surface area contributed by atoms with Gasteiger partial charge in [-0.15, -0.1) is 0 Å². The van der Waals surface area contributed by atoms with E-state index in [0.29, 0.717) is 29.6 Å². The van der Waals surface area contributed by atoms with Crippen LogP contribution in [-0.2, 0) is 0 Å². The molecule has 2 aromatic rings. The lowest BCUT2D eigenvalue weighted by Crippen LogP contribution is -2.31. The highest BCUT2D eigenvalue weighted by Gasteiger charge is 2.13. The van der Waals surface area contributed by atoms with Crippen LogP contribution in [0.15, 0.2) is 36.5 Å². The van der Waals surface area contributed by atoms with Gasteiger partial charge in [0.25, 0.3) is 5.91 Å². The molecule has 4 nitrogen and oxygen atoms in total. The van der Waals surface area contributed by atoms with E-state index in [0.717, 1.165) is 0 Å². The fourth-order valence-corrected chi connectivity index (χ4v) is 1.79. The zero-order valence-electron chi connectivity index (χ0n) is 10.9. The molecule has 0 aliphatic carbocycles. The zero-order valence-corrected chi connectivity index (χ0v) is 11.7. The quantitative estimate of drug-likeness (QED) is 0.922. The summed E-state index contributed by atoms with van der Waals surface area (Å²) in [4.78, 5) is 16.3. The summed E-state index contributed by atoms with van der Waals surface area (Å²) in [5.74, 6) is 0.0862. The fraction of sp³-hybridized carbons (Fsp3) is 0.214. The summed E-state index contributed by atoms with van der Waals surface area (Å²) in [6.07, 6.45) is 1.55. The summed E-state index contributed by atoms with van der Waals surface area (Å²) >= 11 is 5.75. The Hall–Kier alpha value is -2.01. The van der Waals surface area contributed by atoms with Crippen LogP contribution in [0.1, 0.15) is 10.5 Å². The number of carbonyl (C=O) groups is 1. The van der Waals surface area contributed by atoms with Gasteiger partial charge in [-0.2, -0.15) is 0 Å². The molecule has 0 aliphatic heterocycles. The molecule has 1 N–H and O–H groups in total. The van der Waals surface area contributed by atoms with Crippen LogP contribution in [0.2, 0.25) is 5.02 Å². The van der Waals surface area contributed by atoms with E-state index in [1.165, 1.54) is 17.0 Å². The third kappa shape index (κ3) is 3.74. The van der Waals surface area contributed by atoms with Crippen LogP contribution in [-0.4, -0.2) is 36.0 Å². The number of aromatic nitrogens is 1. The zero-order chi connectivity index (χ0) is 14.5. The van der Waals surface area contributed by atoms with E-state index >= 15 is 0 Å². The number of aromatic amines is 1. The molecule has 1 heterocycles. The Bertz CT molecular complexity index is 583. The SMILES string of the molecule is CN(CCOc1ccc(F)cc1)C(=O)c1cc(Cl)c[nH]1. The summed E-state index contributed by atoms with van der Waals surface area (Å²) in [5.41, 5.74) is 0.430. The average Bonchev–Trinajstić information content (AvgIpc) is 2.86. The summed E-state index contributed by atoms with van der Waals surface area (Å²) in [6.45, 7) is 0.731. The number of rotatable bonds is 5. The van der Waals surface area contributed by atoms with Crippen molar-refractivity contribution in [3.8, 4) is 5.75 Å². The molecule has 0 bridgehead atoms. The summed E-state index contributed by atoms with van der Waals surface area (Å²) in [5, 5.41) is 0.490. The van der Waals surface area contributed by atoms with Crippen LogP contribution in [0.25, 0.3) is 0 Å². The predicted molar refractivity (Wildman–Crippen MR) is 74.7 cm³/mol. The van der Waals surface area contributed by atoms with Crippen molar-refractivity contribution in [2.45, 2.75) is 0 Å². The van der Waals surface area contributed by atoms with Gasteiger partial charge in [0.05, 0.1) is 11.6 Å². The van der Waals surface area contributed by atoms with E-state index in [-0.39, 0.29) is 11.7 Å². The van der Waals surface area contributed by atoms with Gasteiger partial charge in [0.2, 0.25) is 0 Å². The minimum atomic E-state index is -0.312. The maximum Gasteiger partial charge on any atom is 0.270 e. The van der Waals surface area contributed by atoms with Crippen molar-refractivity contribution in [3.63, 3.8) is 0 Å². The molecule has 0 saturated heterocycles. The maximum atomic E-state index is 12.7. The van der Waals surface area contributed by atoms with Gasteiger partial charge in [-0.25, -0.2) is 4.39 Å². The highest BCUT2D eigenvalue weighted by Crippen LogP contribution is 2.12. The third-order valence-electron chi connectivity index (χ3n) is 2.73. The van der Waals surface area contributed by atoms with Crippen molar-refractivity contribution in [1.82, 2.24) is 9.88 Å². The predicted octanol–water partition coefficient (Wildman–Crippen LogP) is 2.96. The van der Waals surface area contributed by atoms with Gasteiger partial charge < -0.3 is 14.6 Å². The molecule has 1 aromatic carbocycles. The normalized spacial score (nSPS) is 10.3. The minimum absolute atomic E-state index is 0.167. The van der Waals surface area contributed by atoms with Crippen LogP contribution >= 0.6 is 11.6 Å². The van der Waals surface area contributed by atoms with E-state index in [2.05, 4.69) is 4.98 Å². The molecule has 6 heteroatoms. The topological polar surface area (TPSA) is 45.3 Å². The fourth-order valence-electron chi connectivity index (χ4n) is 1.63. The highest BCUT2D eigenvalue weighted by atomic mass is 35.5. The van der Waals surface area contributed by atoms with E-state index in [1.54, 1.807) is 31.4 Å². The number of hydrogen-bond donors (Lipinski definition) is 1. The summed E-state index contributed by atoms with van der Waals surface area (Å²) < 4.78 is 18.1. The largest absolute Gasteiger partial charge is 0.492 e. The number of amides is 1. The van der Waals surface area contributed by atoms with Crippen molar-refractivity contribution in [2.75, 3.05) is 20.2 Å². The number of benzene rings is 1. The molecule has 2 rings (SSSR count). The molecular formula is C14H14ClFN2O2. The molecular weight excluding hydrogens is 283 g/mol. The van der Waals surface area contributed by atoms with Crippen LogP contribution in [0.5, 0.6) is 5.75 Å². The molecule has 0 aliphatic rings. The van der Waals surface area contributed by atoms with Crippen molar-refractivity contribution < 1.29 is 13.9 Å². The van der Waals surface area contributed by atoms with Crippen LogP contribution < -0.4 is 4.74 Å². The minimum Gasteiger partial charge on any atom is -0.492 e. The lowest BCUT2D eigenvalue weighted by Gasteiger charge is -2.16. The monoisotopic (exact) mass is 296 g/mol. The molecule has 1 amide bonds. The Morgan fingerprint density at radius 3 is 2.70 bits per heavy atom. The van der Waals surface area contributed by atoms with E-state index in [9.17, 15) is 9.18 Å². The molecule has 0 radical (unpaired) electrons. The van der Waals surface area contributed by atoms with Gasteiger partial charge in [-0.05, 0) is 30.3 Å². The maximum absolute atomic E-state index is 12.7. The number of likely N-dealkylation sites (N-methyl/N-ethyl adjacent to an activating group) is 1. The Morgan fingerprint density at radius 1 is 1.40 bits per heavy atom. The van der Waals surface area contributed by atoms with Gasteiger partial charge in [-0.1, -0.05) is 11.6 Å². The Morgan fingerprint density at radius 2 is 2.10 bits per heavy atom. The first-order chi connectivity index (χ1) is 9.56. The van der Waals surface area contributed by atoms with Crippen LogP contribution in [0.3, 0.4) is 0 Å². The van der Waals surface area contributed by atoms with E-state index < -0.39 is 0 Å². The molecule has 0 atom stereocenters. The Labute approximate surface area is 121 Å². The number of H-pyrrole nitrogens is 1. The molecule has 0 saturated carbocycles. The van der Waals surface area contributed by atoms with Gasteiger partial charge in [0.1, 0.15) is 23.9 Å². The second-order valence-corrected chi connectivity index (χ2v) is 4.70. The van der Waals surface area contributed by atoms with Crippen molar-refractivity contribution in [2.24, 2.45) is 0 Å². The number of hydrogen-bond acceptors (Lipinski definition) is 2. The van der Waals surface area contributed by atoms with Gasteiger partial charge in [-0.3, -0.25) is 4.79 Å². The van der Waals surface area contributed by atoms with E-state index in [1.807, 2.05) is 0 Å². The molecule has 1 aromatic heterocycles. The molecule has 0 spiro atoms. The number of carbonyl (C=O) groups excluding carboxylic acids is 1. The third-order valence-corrected chi connectivity index (χ3v) is 2.95. The Kier molecular flexibility index (Phi) is 4.63. The summed E-state index contributed by atoms with van der Waals surface area (Å²) in [7, 11) is 1.67. The van der Waals surface area contributed by atoms with Gasteiger partial charge in [0, 0.05) is 13.2 Å². The first-order valence-electron chi connectivity index (χ1n) is 6.04. The smallest absolute Gasteiger partial charge is 0.270 e. The van der Waals surface area contributed by atoms with Crippen LogP contribution in [0, 0.1) is 5.82 Å². The molecule has 0 fully saturated rings. The van der Waals surface area contributed by atoms with Gasteiger partial charge in [0.15, 0.2) is 0 Å². The molecule has 106 valence electrons. The number of nitrogens with one attached hydrogen (secondary N) is 1. The second-order valence-electron chi connectivity index (χ2n) is 4.26. The Balaban J connectivity index is 1.81. The lowest BCUT2D eigenvalue weighted by atomic mass is 10.3. The number of nitrogens with zero attached hydrogens (tertiary/aromatic N) is 1. The van der Waals surface area contributed by atoms with Crippen molar-refractivity contribution >= 4 is 17.5 Å². The van der Waals surface area contributed by atoms with E-state index in [4.69, 9.17) is 16.3 Å². The number of ether oxygens (including phenoxy) is 1. The van der Waals surface area contributed by atoms with Crippen LogP contribution in [0.4, 0.5) is 4.39 Å². The van der Waals surface area contributed by atoms with Crippen molar-refractivity contribution in [3.05, 3.63) is 53.1 Å². The molecule has 0 unspecified atom stereocenters. The highest BCUT2D eigenvalue weighted by molar-refractivity contribution is 6.30. The standard InChI is InChI=1S/C14H14ClFN2O2/c1-18(14(19)13-8-10(15)9-17-13)6-7-20-12-4-2-11(16)3-5-12/h2-5,8-9,17H,6-7H2,1H3. The van der Waals surface area contributed by atoms with Gasteiger partial charge >= 0.3 is 0 Å². The number of halogens is 2. The summed E-state index contributed by atoms with van der Waals surface area (Å²) in [6, 6.07) is 7.31. The first-order valence-corrected chi connectivity index (χ1v) is 6.42. The average molecular weight is 297 g/mol. The first kappa shape index (κ1) is 14.4. The molecule has 20 heavy (non-hydrogen) atoms. The van der Waals surface area contributed by atoms with Crippen molar-refractivity contribution in [1.29, 1.82) is 0 Å². The second kappa shape index (κ2) is 6.43.